The van der Waals surface area contributed by atoms with E-state index in [9.17, 15) is 10.1 Å². The van der Waals surface area contributed by atoms with Gasteiger partial charge in [0.15, 0.2) is 11.6 Å². The lowest BCUT2D eigenvalue weighted by molar-refractivity contribution is -0.384. The molecular weight excluding hydrogens is 394 g/mol. The molecule has 9 nitrogen and oxygen atoms in total. The number of aromatic nitrogens is 3. The van der Waals surface area contributed by atoms with E-state index in [4.69, 9.17) is 0 Å². The third-order valence-electron chi connectivity index (χ3n) is 5.43. The second-order valence-corrected chi connectivity index (χ2v) is 7.60. The SMILES string of the molecule is Cc1nnc(C)n1/N=C\c1ccc(N2CCN(Cc3ccccc3)CC2)c([N+](=O)[O-])c1. The zero-order chi connectivity index (χ0) is 21.8. The normalized spacial score (nSPS) is 15.0. The van der Waals surface area contributed by atoms with E-state index in [2.05, 4.69) is 37.2 Å². The first-order valence-electron chi connectivity index (χ1n) is 10.2. The molecule has 1 aliphatic rings. The van der Waals surface area contributed by atoms with Crippen LogP contribution in [0.2, 0.25) is 0 Å². The van der Waals surface area contributed by atoms with Crippen LogP contribution in [0.25, 0.3) is 0 Å². The van der Waals surface area contributed by atoms with Gasteiger partial charge in [-0.25, -0.2) is 4.68 Å². The van der Waals surface area contributed by atoms with Crippen molar-refractivity contribution in [3.05, 3.63) is 81.4 Å². The van der Waals surface area contributed by atoms with Gasteiger partial charge in [-0.05, 0) is 25.5 Å². The summed E-state index contributed by atoms with van der Waals surface area (Å²) in [5.41, 5.74) is 2.69. The van der Waals surface area contributed by atoms with Crippen LogP contribution in [-0.4, -0.2) is 57.1 Å². The molecule has 0 spiro atoms. The highest BCUT2D eigenvalue weighted by atomic mass is 16.6. The molecule has 2 aromatic carbocycles. The number of nitro benzene ring substituents is 1. The van der Waals surface area contributed by atoms with Crippen LogP contribution in [0.15, 0.2) is 53.6 Å². The van der Waals surface area contributed by atoms with E-state index in [1.54, 1.807) is 30.8 Å². The van der Waals surface area contributed by atoms with Crippen molar-refractivity contribution < 1.29 is 4.92 Å². The van der Waals surface area contributed by atoms with Crippen molar-refractivity contribution in [3.63, 3.8) is 0 Å². The van der Waals surface area contributed by atoms with Gasteiger partial charge >= 0.3 is 0 Å². The maximum Gasteiger partial charge on any atom is 0.293 e. The zero-order valence-electron chi connectivity index (χ0n) is 17.7. The van der Waals surface area contributed by atoms with Crippen LogP contribution >= 0.6 is 0 Å². The van der Waals surface area contributed by atoms with Gasteiger partial charge in [0.2, 0.25) is 0 Å². The molecule has 1 aromatic heterocycles. The molecule has 0 saturated carbocycles. The second-order valence-electron chi connectivity index (χ2n) is 7.60. The molecule has 1 saturated heterocycles. The average Bonchev–Trinajstić information content (AvgIpc) is 3.10. The Hall–Kier alpha value is -3.59. The van der Waals surface area contributed by atoms with Crippen molar-refractivity contribution in [1.82, 2.24) is 19.8 Å². The molecule has 0 unspecified atom stereocenters. The van der Waals surface area contributed by atoms with Crippen molar-refractivity contribution in [2.24, 2.45) is 5.10 Å². The molecule has 2 heterocycles. The lowest BCUT2D eigenvalue weighted by atomic mass is 10.1. The minimum Gasteiger partial charge on any atom is -0.363 e. The Balaban J connectivity index is 1.47. The molecule has 3 aromatic rings. The Bertz CT molecular complexity index is 1070. The molecule has 0 atom stereocenters. The Labute approximate surface area is 180 Å². The molecule has 31 heavy (non-hydrogen) atoms. The molecule has 0 amide bonds. The second kappa shape index (κ2) is 9.05. The van der Waals surface area contributed by atoms with Gasteiger partial charge in [0.25, 0.3) is 5.69 Å². The van der Waals surface area contributed by atoms with Crippen molar-refractivity contribution in [2.45, 2.75) is 20.4 Å². The fourth-order valence-electron chi connectivity index (χ4n) is 3.78. The maximum atomic E-state index is 11.8. The van der Waals surface area contributed by atoms with Crippen LogP contribution in [0.4, 0.5) is 11.4 Å². The van der Waals surface area contributed by atoms with Crippen LogP contribution < -0.4 is 4.90 Å². The lowest BCUT2D eigenvalue weighted by Crippen LogP contribution is -2.46. The summed E-state index contributed by atoms with van der Waals surface area (Å²) in [5.74, 6) is 1.32. The lowest BCUT2D eigenvalue weighted by Gasteiger charge is -2.35. The first-order chi connectivity index (χ1) is 15.0. The maximum absolute atomic E-state index is 11.8. The summed E-state index contributed by atoms with van der Waals surface area (Å²) in [6.45, 7) is 7.73. The van der Waals surface area contributed by atoms with Gasteiger partial charge in [0.05, 0.1) is 11.1 Å². The van der Waals surface area contributed by atoms with Crippen molar-refractivity contribution in [2.75, 3.05) is 31.1 Å². The average molecular weight is 419 g/mol. The molecule has 1 fully saturated rings. The van der Waals surface area contributed by atoms with Crippen LogP contribution in [0.3, 0.4) is 0 Å². The Kier molecular flexibility index (Phi) is 6.03. The van der Waals surface area contributed by atoms with Crippen molar-refractivity contribution >= 4 is 17.6 Å². The molecule has 0 bridgehead atoms. The number of piperazine rings is 1. The monoisotopic (exact) mass is 419 g/mol. The van der Waals surface area contributed by atoms with Crippen LogP contribution in [0, 0.1) is 24.0 Å². The van der Waals surface area contributed by atoms with E-state index in [1.165, 1.54) is 5.56 Å². The Morgan fingerprint density at radius 3 is 2.35 bits per heavy atom. The highest BCUT2D eigenvalue weighted by Crippen LogP contribution is 2.30. The number of anilines is 1. The number of hydrogen-bond acceptors (Lipinski definition) is 7. The smallest absolute Gasteiger partial charge is 0.293 e. The summed E-state index contributed by atoms with van der Waals surface area (Å²) in [5, 5.41) is 24.0. The van der Waals surface area contributed by atoms with Gasteiger partial charge in [-0.15, -0.1) is 10.2 Å². The molecule has 160 valence electrons. The number of aryl methyl sites for hydroxylation is 2. The summed E-state index contributed by atoms with van der Waals surface area (Å²) in [7, 11) is 0. The fourth-order valence-corrected chi connectivity index (χ4v) is 3.78. The Morgan fingerprint density at radius 2 is 1.71 bits per heavy atom. The first kappa shape index (κ1) is 20.7. The van der Waals surface area contributed by atoms with E-state index in [1.807, 2.05) is 30.3 Å². The van der Waals surface area contributed by atoms with E-state index in [-0.39, 0.29) is 10.6 Å². The van der Waals surface area contributed by atoms with Crippen molar-refractivity contribution in [3.8, 4) is 0 Å². The molecule has 0 N–H and O–H groups in total. The van der Waals surface area contributed by atoms with Crippen LogP contribution in [-0.2, 0) is 6.54 Å². The number of nitrogens with zero attached hydrogens (tertiary/aromatic N) is 7. The number of benzene rings is 2. The summed E-state index contributed by atoms with van der Waals surface area (Å²) in [6.07, 6.45) is 1.60. The number of nitro groups is 1. The van der Waals surface area contributed by atoms with E-state index < -0.39 is 0 Å². The van der Waals surface area contributed by atoms with Gasteiger partial charge in [-0.3, -0.25) is 15.0 Å². The summed E-state index contributed by atoms with van der Waals surface area (Å²) in [4.78, 5) is 15.9. The molecule has 1 aliphatic heterocycles. The fraction of sp³-hybridized carbons (Fsp3) is 0.318. The quantitative estimate of drug-likeness (QED) is 0.346. The van der Waals surface area contributed by atoms with Gasteiger partial charge < -0.3 is 4.90 Å². The standard InChI is InChI=1S/C22H25N7O2/c1-17-24-25-18(2)28(17)23-15-20-8-9-21(22(14-20)29(30)31)27-12-10-26(11-13-27)16-19-6-4-3-5-7-19/h3-9,14-15H,10-13,16H2,1-2H3/b23-15-. The minimum atomic E-state index is -0.321. The molecular formula is C22H25N7O2. The van der Waals surface area contributed by atoms with E-state index in [0.717, 1.165) is 32.7 Å². The predicted molar refractivity (Wildman–Crippen MR) is 120 cm³/mol. The summed E-state index contributed by atoms with van der Waals surface area (Å²) in [6, 6.07) is 15.6. The van der Waals surface area contributed by atoms with Crippen LogP contribution in [0.5, 0.6) is 0 Å². The predicted octanol–water partition coefficient (Wildman–Crippen LogP) is 3.01. The Morgan fingerprint density at radius 1 is 1.03 bits per heavy atom. The minimum absolute atomic E-state index is 0.0951. The van der Waals surface area contributed by atoms with Gasteiger partial charge in [0.1, 0.15) is 5.69 Å². The zero-order valence-corrected chi connectivity index (χ0v) is 17.7. The third-order valence-corrected chi connectivity index (χ3v) is 5.43. The van der Waals surface area contributed by atoms with Gasteiger partial charge in [-0.2, -0.15) is 5.10 Å². The molecule has 4 rings (SSSR count). The van der Waals surface area contributed by atoms with Crippen LogP contribution in [0.1, 0.15) is 22.8 Å². The largest absolute Gasteiger partial charge is 0.363 e. The van der Waals surface area contributed by atoms with E-state index >= 15 is 0 Å². The van der Waals surface area contributed by atoms with E-state index in [0.29, 0.717) is 22.9 Å². The molecule has 0 aliphatic carbocycles. The molecule has 9 heteroatoms. The number of hydrogen-bond donors (Lipinski definition) is 0. The van der Waals surface area contributed by atoms with Crippen molar-refractivity contribution in [1.29, 1.82) is 0 Å². The highest BCUT2D eigenvalue weighted by molar-refractivity contribution is 5.83. The van der Waals surface area contributed by atoms with Gasteiger partial charge in [0, 0.05) is 44.4 Å². The number of rotatable bonds is 6. The third kappa shape index (κ3) is 4.77. The molecule has 0 radical (unpaired) electrons. The topological polar surface area (TPSA) is 92.7 Å². The highest BCUT2D eigenvalue weighted by Gasteiger charge is 2.24. The van der Waals surface area contributed by atoms with Gasteiger partial charge in [-0.1, -0.05) is 36.4 Å². The first-order valence-corrected chi connectivity index (χ1v) is 10.2. The summed E-state index contributed by atoms with van der Waals surface area (Å²) >= 11 is 0. The summed E-state index contributed by atoms with van der Waals surface area (Å²) < 4.78 is 1.60.